The maximum Gasteiger partial charge on any atom is 0.271 e. The van der Waals surface area contributed by atoms with Gasteiger partial charge in [0.15, 0.2) is 0 Å². The average Bonchev–Trinajstić information content (AvgIpc) is 2.73. The lowest BCUT2D eigenvalue weighted by Crippen LogP contribution is -2.17. The molecule has 136 valence electrons. The van der Waals surface area contributed by atoms with Gasteiger partial charge in [-0.25, -0.2) is 5.43 Å². The largest absolute Gasteiger partial charge is 0.497 e. The Balaban J connectivity index is 1.53. The van der Waals surface area contributed by atoms with Crippen LogP contribution in [0.3, 0.4) is 0 Å². The number of hydrogen-bond acceptors (Lipinski definition) is 4. The Hall–Kier alpha value is -3.60. The van der Waals surface area contributed by atoms with Crippen LogP contribution in [-0.4, -0.2) is 19.2 Å². The molecule has 0 saturated carbocycles. The number of amides is 1. The van der Waals surface area contributed by atoms with E-state index in [0.29, 0.717) is 17.9 Å². The van der Waals surface area contributed by atoms with Crippen molar-refractivity contribution in [1.82, 2.24) is 5.43 Å². The molecule has 0 fully saturated rings. The predicted octanol–water partition coefficient (Wildman–Crippen LogP) is 4.04. The second kappa shape index (κ2) is 9.20. The molecule has 0 saturated heterocycles. The number of methoxy groups -OCH3 is 1. The van der Waals surface area contributed by atoms with Crippen LogP contribution in [0, 0.1) is 0 Å². The van der Waals surface area contributed by atoms with Crippen LogP contribution in [0.2, 0.25) is 0 Å². The number of carbonyl (C=O) groups excluding carboxylic acids is 1. The number of carbonyl (C=O) groups is 1. The van der Waals surface area contributed by atoms with Gasteiger partial charge in [-0.1, -0.05) is 42.5 Å². The first-order chi connectivity index (χ1) is 13.2. The second-order valence-electron chi connectivity index (χ2n) is 5.77. The summed E-state index contributed by atoms with van der Waals surface area (Å²) >= 11 is 0. The van der Waals surface area contributed by atoms with E-state index in [9.17, 15) is 4.79 Å². The number of rotatable bonds is 7. The first-order valence-corrected chi connectivity index (χ1v) is 8.49. The van der Waals surface area contributed by atoms with Gasteiger partial charge in [-0.15, -0.1) is 0 Å². The lowest BCUT2D eigenvalue weighted by Gasteiger charge is -2.07. The van der Waals surface area contributed by atoms with Crippen molar-refractivity contribution in [1.29, 1.82) is 0 Å². The molecule has 0 aliphatic heterocycles. The summed E-state index contributed by atoms with van der Waals surface area (Å²) in [5.74, 6) is 1.15. The third kappa shape index (κ3) is 5.44. The number of hydrogen-bond donors (Lipinski definition) is 1. The number of nitrogens with zero attached hydrogens (tertiary/aromatic N) is 1. The summed E-state index contributed by atoms with van der Waals surface area (Å²) in [5, 5.41) is 3.98. The molecule has 0 atom stereocenters. The van der Waals surface area contributed by atoms with Gasteiger partial charge in [0.2, 0.25) is 0 Å². The molecule has 27 heavy (non-hydrogen) atoms. The molecule has 0 radical (unpaired) electrons. The highest BCUT2D eigenvalue weighted by atomic mass is 16.5. The van der Waals surface area contributed by atoms with E-state index in [4.69, 9.17) is 9.47 Å². The lowest BCUT2D eigenvalue weighted by atomic mass is 10.2. The zero-order chi connectivity index (χ0) is 18.9. The molecule has 0 spiro atoms. The zero-order valence-electron chi connectivity index (χ0n) is 15.0. The summed E-state index contributed by atoms with van der Waals surface area (Å²) in [5.41, 5.74) is 4.94. The molecule has 0 heterocycles. The van der Waals surface area contributed by atoms with Gasteiger partial charge in [0.25, 0.3) is 5.91 Å². The number of hydrazone groups is 1. The Morgan fingerprint density at radius 2 is 1.74 bits per heavy atom. The van der Waals surface area contributed by atoms with Crippen LogP contribution in [0.5, 0.6) is 11.5 Å². The Kier molecular flexibility index (Phi) is 6.20. The molecule has 5 nitrogen and oxygen atoms in total. The summed E-state index contributed by atoms with van der Waals surface area (Å²) in [4.78, 5) is 12.2. The molecule has 1 amide bonds. The molecule has 5 heteroatoms. The van der Waals surface area contributed by atoms with Gasteiger partial charge < -0.3 is 9.47 Å². The Morgan fingerprint density at radius 3 is 2.48 bits per heavy atom. The minimum absolute atomic E-state index is 0.288. The van der Waals surface area contributed by atoms with Gasteiger partial charge in [0.05, 0.1) is 13.3 Å². The van der Waals surface area contributed by atoms with Gasteiger partial charge in [0.1, 0.15) is 18.1 Å². The minimum Gasteiger partial charge on any atom is -0.497 e. The standard InChI is InChI=1S/C22H20N2O3/c1-26-21-9-5-8-18(14-21)15-23-24-22(25)19-10-12-20(13-11-19)27-16-17-6-3-2-4-7-17/h2-15H,16H2,1H3,(H,24,25). The maximum absolute atomic E-state index is 12.2. The third-order valence-electron chi connectivity index (χ3n) is 3.84. The molecule has 0 bridgehead atoms. The zero-order valence-corrected chi connectivity index (χ0v) is 15.0. The van der Waals surface area contributed by atoms with E-state index < -0.39 is 0 Å². The SMILES string of the molecule is COc1cccc(C=NNC(=O)c2ccc(OCc3ccccc3)cc2)c1. The molecular weight excluding hydrogens is 340 g/mol. The molecule has 0 aliphatic carbocycles. The van der Waals surface area contributed by atoms with Crippen LogP contribution < -0.4 is 14.9 Å². The number of benzene rings is 3. The second-order valence-corrected chi connectivity index (χ2v) is 5.77. The lowest BCUT2D eigenvalue weighted by molar-refractivity contribution is 0.0955. The molecule has 0 unspecified atom stereocenters. The molecule has 3 aromatic carbocycles. The Morgan fingerprint density at radius 1 is 0.963 bits per heavy atom. The highest BCUT2D eigenvalue weighted by molar-refractivity contribution is 5.95. The quantitative estimate of drug-likeness (QED) is 0.511. The average molecular weight is 360 g/mol. The summed E-state index contributed by atoms with van der Waals surface area (Å²) in [6.07, 6.45) is 1.57. The molecule has 1 N–H and O–H groups in total. The maximum atomic E-state index is 12.2. The first-order valence-electron chi connectivity index (χ1n) is 8.49. The van der Waals surface area contributed by atoms with Gasteiger partial charge in [-0.3, -0.25) is 4.79 Å². The smallest absolute Gasteiger partial charge is 0.271 e. The van der Waals surface area contributed by atoms with E-state index in [1.54, 1.807) is 37.6 Å². The fourth-order valence-electron chi connectivity index (χ4n) is 2.40. The topological polar surface area (TPSA) is 59.9 Å². The highest BCUT2D eigenvalue weighted by Gasteiger charge is 2.04. The molecule has 0 aromatic heterocycles. The van der Waals surface area contributed by atoms with Crippen molar-refractivity contribution >= 4 is 12.1 Å². The van der Waals surface area contributed by atoms with Crippen molar-refractivity contribution in [2.45, 2.75) is 6.61 Å². The predicted molar refractivity (Wildman–Crippen MR) is 105 cm³/mol. The van der Waals surface area contributed by atoms with Crippen molar-refractivity contribution in [3.63, 3.8) is 0 Å². The van der Waals surface area contributed by atoms with E-state index >= 15 is 0 Å². The first kappa shape index (κ1) is 18.2. The fraction of sp³-hybridized carbons (Fsp3) is 0.0909. The van der Waals surface area contributed by atoms with Gasteiger partial charge in [0, 0.05) is 5.56 Å². The van der Waals surface area contributed by atoms with E-state index in [1.807, 2.05) is 54.6 Å². The van der Waals surface area contributed by atoms with Crippen molar-refractivity contribution in [2.24, 2.45) is 5.10 Å². The number of nitrogens with one attached hydrogen (secondary N) is 1. The van der Waals surface area contributed by atoms with Crippen molar-refractivity contribution < 1.29 is 14.3 Å². The van der Waals surface area contributed by atoms with Gasteiger partial charge in [-0.05, 0) is 47.5 Å². The fourth-order valence-corrected chi connectivity index (χ4v) is 2.40. The van der Waals surface area contributed by atoms with Crippen LogP contribution in [-0.2, 0) is 6.61 Å². The van der Waals surface area contributed by atoms with Gasteiger partial charge in [-0.2, -0.15) is 5.10 Å². The van der Waals surface area contributed by atoms with Crippen molar-refractivity contribution in [3.8, 4) is 11.5 Å². The van der Waals surface area contributed by atoms with Crippen LogP contribution in [0.25, 0.3) is 0 Å². The normalized spacial score (nSPS) is 10.6. The molecular formula is C22H20N2O3. The van der Waals surface area contributed by atoms with E-state index in [1.165, 1.54) is 0 Å². The van der Waals surface area contributed by atoms with E-state index in [2.05, 4.69) is 10.5 Å². The highest BCUT2D eigenvalue weighted by Crippen LogP contribution is 2.14. The van der Waals surface area contributed by atoms with Crippen LogP contribution in [0.15, 0.2) is 84.0 Å². The monoisotopic (exact) mass is 360 g/mol. The van der Waals surface area contributed by atoms with Crippen molar-refractivity contribution in [2.75, 3.05) is 7.11 Å². The summed E-state index contributed by atoms with van der Waals surface area (Å²) in [6, 6.07) is 24.3. The van der Waals surface area contributed by atoms with E-state index in [0.717, 1.165) is 16.9 Å². The molecule has 3 aromatic rings. The number of ether oxygens (including phenoxy) is 2. The van der Waals surface area contributed by atoms with E-state index in [-0.39, 0.29) is 5.91 Å². The third-order valence-corrected chi connectivity index (χ3v) is 3.84. The van der Waals surface area contributed by atoms with Crippen LogP contribution >= 0.6 is 0 Å². The Labute approximate surface area is 158 Å². The molecule has 0 aliphatic rings. The van der Waals surface area contributed by atoms with Crippen molar-refractivity contribution in [3.05, 3.63) is 95.6 Å². The van der Waals surface area contributed by atoms with Gasteiger partial charge >= 0.3 is 0 Å². The van der Waals surface area contributed by atoms with Crippen LogP contribution in [0.4, 0.5) is 0 Å². The van der Waals surface area contributed by atoms with Crippen LogP contribution in [0.1, 0.15) is 21.5 Å². The Bertz CT molecular complexity index is 906. The molecule has 3 rings (SSSR count). The summed E-state index contributed by atoms with van der Waals surface area (Å²) in [7, 11) is 1.60. The minimum atomic E-state index is -0.288. The summed E-state index contributed by atoms with van der Waals surface area (Å²) < 4.78 is 10.9. The summed E-state index contributed by atoms with van der Waals surface area (Å²) in [6.45, 7) is 0.483.